The summed E-state index contributed by atoms with van der Waals surface area (Å²) < 4.78 is 0. The third kappa shape index (κ3) is 3.26. The van der Waals surface area contributed by atoms with Crippen molar-refractivity contribution in [1.82, 2.24) is 9.97 Å². The molecule has 0 aromatic carbocycles. The van der Waals surface area contributed by atoms with Gasteiger partial charge in [-0.25, -0.2) is 14.8 Å². The number of hydrogen-bond acceptors (Lipinski definition) is 4. The molecule has 1 aromatic rings. The van der Waals surface area contributed by atoms with Crippen LogP contribution < -0.4 is 0 Å². The minimum Gasteiger partial charge on any atom is -0.478 e. The van der Waals surface area contributed by atoms with Crippen LogP contribution in [0.5, 0.6) is 0 Å². The van der Waals surface area contributed by atoms with Gasteiger partial charge in [0.2, 0.25) is 0 Å². The van der Waals surface area contributed by atoms with Crippen molar-refractivity contribution in [1.29, 1.82) is 0 Å². The lowest BCUT2D eigenvalue weighted by Gasteiger charge is -2.21. The van der Waals surface area contributed by atoms with Crippen molar-refractivity contribution in [2.24, 2.45) is 0 Å². The van der Waals surface area contributed by atoms with E-state index in [0.29, 0.717) is 16.6 Å². The fraction of sp³-hybridized carbons (Fsp3) is 0.643. The fourth-order valence-electron chi connectivity index (χ4n) is 2.60. The summed E-state index contributed by atoms with van der Waals surface area (Å²) in [7, 11) is 0. The van der Waals surface area contributed by atoms with Gasteiger partial charge < -0.3 is 5.11 Å². The first-order chi connectivity index (χ1) is 9.13. The largest absolute Gasteiger partial charge is 0.478 e. The maximum atomic E-state index is 11.3. The molecule has 0 spiro atoms. The van der Waals surface area contributed by atoms with Crippen LogP contribution in [0.2, 0.25) is 0 Å². The normalized spacial score (nSPS) is 16.5. The van der Waals surface area contributed by atoms with Crippen LogP contribution in [0.3, 0.4) is 0 Å². The van der Waals surface area contributed by atoms with E-state index in [0.717, 1.165) is 24.4 Å². The van der Waals surface area contributed by atoms with Gasteiger partial charge in [-0.15, -0.1) is 11.8 Å². The third-order valence-electron chi connectivity index (χ3n) is 3.54. The molecule has 0 atom stereocenters. The summed E-state index contributed by atoms with van der Waals surface area (Å²) in [5.41, 5.74) is 0.866. The zero-order valence-corrected chi connectivity index (χ0v) is 12.3. The number of carbonyl (C=O) groups is 1. The maximum Gasteiger partial charge on any atom is 0.340 e. The number of aromatic carboxylic acids is 1. The topological polar surface area (TPSA) is 63.1 Å². The smallest absolute Gasteiger partial charge is 0.340 e. The number of carboxylic acid groups (broad SMARTS) is 1. The molecule has 1 saturated carbocycles. The second-order valence-corrected chi connectivity index (χ2v) is 6.17. The highest BCUT2D eigenvalue weighted by Gasteiger charge is 2.23. The third-order valence-corrected chi connectivity index (χ3v) is 4.40. The predicted molar refractivity (Wildman–Crippen MR) is 76.0 cm³/mol. The molecule has 4 nitrogen and oxygen atoms in total. The molecule has 104 valence electrons. The summed E-state index contributed by atoms with van der Waals surface area (Å²) in [6.45, 7) is 3.78. The molecule has 0 amide bonds. The molecule has 0 saturated heterocycles. The molecule has 0 unspecified atom stereocenters. The molecule has 1 aliphatic carbocycles. The lowest BCUT2D eigenvalue weighted by Crippen LogP contribution is -2.14. The number of rotatable bonds is 4. The van der Waals surface area contributed by atoms with Crippen molar-refractivity contribution >= 4 is 17.7 Å². The Morgan fingerprint density at radius 3 is 2.58 bits per heavy atom. The number of carboxylic acids is 1. The lowest BCUT2D eigenvalue weighted by molar-refractivity contribution is 0.0690. The van der Waals surface area contributed by atoms with Crippen LogP contribution in [0.15, 0.2) is 5.03 Å². The molecule has 5 heteroatoms. The van der Waals surface area contributed by atoms with Crippen molar-refractivity contribution < 1.29 is 9.90 Å². The van der Waals surface area contributed by atoms with Crippen molar-refractivity contribution in [2.75, 3.05) is 5.75 Å². The first kappa shape index (κ1) is 14.3. The summed E-state index contributed by atoms with van der Waals surface area (Å²) >= 11 is 1.49. The predicted octanol–water partition coefficient (Wildman–Crippen LogP) is 3.64. The van der Waals surface area contributed by atoms with Gasteiger partial charge in [0.15, 0.2) is 0 Å². The Labute approximate surface area is 118 Å². The maximum absolute atomic E-state index is 11.3. The Morgan fingerprint density at radius 1 is 1.32 bits per heavy atom. The van der Waals surface area contributed by atoms with E-state index >= 15 is 0 Å². The van der Waals surface area contributed by atoms with Crippen molar-refractivity contribution in [3.05, 3.63) is 17.1 Å². The summed E-state index contributed by atoms with van der Waals surface area (Å²) in [5, 5.41) is 9.91. The first-order valence-electron chi connectivity index (χ1n) is 6.88. The van der Waals surface area contributed by atoms with Gasteiger partial charge in [0.1, 0.15) is 16.4 Å². The highest BCUT2D eigenvalue weighted by molar-refractivity contribution is 7.99. The average molecular weight is 280 g/mol. The minimum atomic E-state index is -0.927. The van der Waals surface area contributed by atoms with Gasteiger partial charge >= 0.3 is 5.97 Å². The van der Waals surface area contributed by atoms with Gasteiger partial charge in [0.25, 0.3) is 0 Å². The number of nitrogens with zero attached hydrogens (tertiary/aromatic N) is 2. The molecule has 1 aromatic heterocycles. The molecule has 0 aliphatic heterocycles. The van der Waals surface area contributed by atoms with Crippen LogP contribution in [0, 0.1) is 6.92 Å². The van der Waals surface area contributed by atoms with Crippen LogP contribution in [0.1, 0.15) is 66.8 Å². The molecule has 2 rings (SSSR count). The molecule has 0 bridgehead atoms. The van der Waals surface area contributed by atoms with E-state index in [1.165, 1.54) is 31.0 Å². The van der Waals surface area contributed by atoms with E-state index in [1.54, 1.807) is 6.92 Å². The molecular weight excluding hydrogens is 260 g/mol. The van der Waals surface area contributed by atoms with Crippen LogP contribution in [-0.4, -0.2) is 26.8 Å². The van der Waals surface area contributed by atoms with E-state index in [2.05, 4.69) is 9.97 Å². The number of thioether (sulfide) groups is 1. The average Bonchev–Trinajstić information content (AvgIpc) is 2.39. The highest BCUT2D eigenvalue weighted by Crippen LogP contribution is 2.33. The molecular formula is C14H20N2O2S. The van der Waals surface area contributed by atoms with E-state index in [-0.39, 0.29) is 5.56 Å². The lowest BCUT2D eigenvalue weighted by atomic mass is 9.88. The van der Waals surface area contributed by atoms with Crippen LogP contribution in [0.4, 0.5) is 0 Å². The Kier molecular flexibility index (Phi) is 4.80. The summed E-state index contributed by atoms with van der Waals surface area (Å²) in [6.07, 6.45) is 6.00. The van der Waals surface area contributed by atoms with E-state index in [4.69, 9.17) is 0 Å². The number of hydrogen-bond donors (Lipinski definition) is 1. The molecule has 1 heterocycles. The van der Waals surface area contributed by atoms with Crippen molar-refractivity contribution in [3.63, 3.8) is 0 Å². The Balaban J connectivity index is 2.38. The summed E-state index contributed by atoms with van der Waals surface area (Å²) in [5.74, 6) is 1.15. The van der Waals surface area contributed by atoms with E-state index in [1.807, 2.05) is 6.92 Å². The standard InChI is InChI=1S/C14H20N2O2S/c1-3-19-13-11(14(17)18)9(2)15-12(16-13)10-7-5-4-6-8-10/h10H,3-8H2,1-2H3,(H,17,18). The fourth-order valence-corrected chi connectivity index (χ4v) is 3.41. The minimum absolute atomic E-state index is 0.270. The summed E-state index contributed by atoms with van der Waals surface area (Å²) in [4.78, 5) is 20.3. The first-order valence-corrected chi connectivity index (χ1v) is 7.86. The van der Waals surface area contributed by atoms with E-state index < -0.39 is 5.97 Å². The van der Waals surface area contributed by atoms with Gasteiger partial charge in [-0.05, 0) is 25.5 Å². The van der Waals surface area contributed by atoms with Crippen molar-refractivity contribution in [2.45, 2.75) is 56.9 Å². The highest BCUT2D eigenvalue weighted by atomic mass is 32.2. The molecule has 1 N–H and O–H groups in total. The zero-order valence-electron chi connectivity index (χ0n) is 11.5. The Bertz CT molecular complexity index is 471. The number of aryl methyl sites for hydroxylation is 1. The SMILES string of the molecule is CCSc1nc(C2CCCCC2)nc(C)c1C(=O)O. The van der Waals surface area contributed by atoms with Crippen LogP contribution in [0.25, 0.3) is 0 Å². The Morgan fingerprint density at radius 2 is 2.00 bits per heavy atom. The van der Waals surface area contributed by atoms with Gasteiger partial charge in [-0.2, -0.15) is 0 Å². The van der Waals surface area contributed by atoms with Gasteiger partial charge in [0, 0.05) is 5.92 Å². The van der Waals surface area contributed by atoms with Gasteiger partial charge in [-0.1, -0.05) is 26.2 Å². The monoisotopic (exact) mass is 280 g/mol. The number of aromatic nitrogens is 2. The molecule has 1 fully saturated rings. The quantitative estimate of drug-likeness (QED) is 0.674. The van der Waals surface area contributed by atoms with Gasteiger partial charge in [-0.3, -0.25) is 0 Å². The molecule has 0 radical (unpaired) electrons. The van der Waals surface area contributed by atoms with Crippen LogP contribution in [-0.2, 0) is 0 Å². The summed E-state index contributed by atoms with van der Waals surface area (Å²) in [6, 6.07) is 0. The second-order valence-electron chi connectivity index (χ2n) is 4.92. The van der Waals surface area contributed by atoms with Crippen LogP contribution >= 0.6 is 11.8 Å². The van der Waals surface area contributed by atoms with Crippen molar-refractivity contribution in [3.8, 4) is 0 Å². The zero-order chi connectivity index (χ0) is 13.8. The second kappa shape index (κ2) is 6.37. The molecule has 19 heavy (non-hydrogen) atoms. The Hall–Kier alpha value is -1.10. The molecule has 1 aliphatic rings. The van der Waals surface area contributed by atoms with E-state index in [9.17, 15) is 9.90 Å². The van der Waals surface area contributed by atoms with Gasteiger partial charge in [0.05, 0.1) is 5.69 Å².